The van der Waals surface area contributed by atoms with Crippen molar-refractivity contribution in [3.63, 3.8) is 0 Å². The first kappa shape index (κ1) is 17.8. The lowest BCUT2D eigenvalue weighted by Gasteiger charge is -2.30. The first-order valence-electron chi connectivity index (χ1n) is 8.28. The first-order chi connectivity index (χ1) is 11.3. The number of hydrogen-bond acceptors (Lipinski definition) is 2. The predicted octanol–water partition coefficient (Wildman–Crippen LogP) is 4.98. The van der Waals surface area contributed by atoms with E-state index in [0.29, 0.717) is 10.0 Å². The molecule has 0 radical (unpaired) electrons. The molecule has 128 valence electrons. The SMILES string of the molecule is CC(C)(O)C1CN(Cc2ccccc2)CC1c1ccc(Cl)c(Cl)c1. The molecule has 1 heterocycles. The average Bonchev–Trinajstić information content (AvgIpc) is 2.95. The Kier molecular flexibility index (Phi) is 5.22. The Hall–Kier alpha value is -1.06. The van der Waals surface area contributed by atoms with Crippen molar-refractivity contribution in [2.75, 3.05) is 13.1 Å². The van der Waals surface area contributed by atoms with Crippen LogP contribution in [0, 0.1) is 5.92 Å². The lowest BCUT2D eigenvalue weighted by molar-refractivity contribution is 0.0147. The zero-order valence-corrected chi connectivity index (χ0v) is 15.6. The van der Waals surface area contributed by atoms with Gasteiger partial charge in [-0.2, -0.15) is 0 Å². The van der Waals surface area contributed by atoms with Gasteiger partial charge in [-0.3, -0.25) is 4.90 Å². The largest absolute Gasteiger partial charge is 0.390 e. The molecule has 0 spiro atoms. The van der Waals surface area contributed by atoms with Gasteiger partial charge >= 0.3 is 0 Å². The highest BCUT2D eigenvalue weighted by molar-refractivity contribution is 6.42. The van der Waals surface area contributed by atoms with Gasteiger partial charge in [0.15, 0.2) is 0 Å². The van der Waals surface area contributed by atoms with Crippen LogP contribution in [0.25, 0.3) is 0 Å². The molecule has 0 aliphatic carbocycles. The molecule has 2 aromatic carbocycles. The number of rotatable bonds is 4. The monoisotopic (exact) mass is 363 g/mol. The summed E-state index contributed by atoms with van der Waals surface area (Å²) in [5, 5.41) is 11.8. The second-order valence-corrected chi connectivity index (χ2v) is 8.03. The molecule has 2 nitrogen and oxygen atoms in total. The second kappa shape index (κ2) is 7.05. The quantitative estimate of drug-likeness (QED) is 0.827. The fraction of sp³-hybridized carbons (Fsp3) is 0.400. The second-order valence-electron chi connectivity index (χ2n) is 7.22. The van der Waals surface area contributed by atoms with Gasteiger partial charge in [0.2, 0.25) is 0 Å². The topological polar surface area (TPSA) is 23.5 Å². The number of hydrogen-bond donors (Lipinski definition) is 1. The number of aliphatic hydroxyl groups is 1. The molecule has 1 N–H and O–H groups in total. The van der Waals surface area contributed by atoms with Crippen LogP contribution in [0.1, 0.15) is 30.9 Å². The molecule has 1 aliphatic rings. The molecule has 0 amide bonds. The fourth-order valence-electron chi connectivity index (χ4n) is 3.65. The minimum absolute atomic E-state index is 0.151. The van der Waals surface area contributed by atoms with Crippen molar-refractivity contribution >= 4 is 23.2 Å². The molecule has 0 bridgehead atoms. The smallest absolute Gasteiger partial charge is 0.0638 e. The molecule has 1 aliphatic heterocycles. The van der Waals surface area contributed by atoms with Gasteiger partial charge in [-0.05, 0) is 37.1 Å². The van der Waals surface area contributed by atoms with E-state index in [-0.39, 0.29) is 11.8 Å². The summed E-state index contributed by atoms with van der Waals surface area (Å²) >= 11 is 12.3. The van der Waals surface area contributed by atoms with Crippen LogP contribution in [-0.4, -0.2) is 28.7 Å². The van der Waals surface area contributed by atoms with Crippen molar-refractivity contribution in [3.8, 4) is 0 Å². The van der Waals surface area contributed by atoms with E-state index in [9.17, 15) is 5.11 Å². The molecular formula is C20H23Cl2NO. The van der Waals surface area contributed by atoms with Crippen molar-refractivity contribution in [1.82, 2.24) is 4.90 Å². The third-order valence-electron chi connectivity index (χ3n) is 4.92. The maximum absolute atomic E-state index is 10.7. The molecule has 1 fully saturated rings. The Morgan fingerprint density at radius 1 is 1.04 bits per heavy atom. The van der Waals surface area contributed by atoms with Gasteiger partial charge in [0.05, 0.1) is 15.6 Å². The van der Waals surface area contributed by atoms with E-state index >= 15 is 0 Å². The molecule has 4 heteroatoms. The van der Waals surface area contributed by atoms with Crippen LogP contribution in [0.4, 0.5) is 0 Å². The third kappa shape index (κ3) is 3.94. The van der Waals surface area contributed by atoms with Gasteiger partial charge in [-0.1, -0.05) is 59.6 Å². The number of halogens is 2. The molecule has 2 atom stereocenters. The molecule has 24 heavy (non-hydrogen) atoms. The maximum Gasteiger partial charge on any atom is 0.0638 e. The Labute approximate surface area is 154 Å². The zero-order chi connectivity index (χ0) is 17.3. The van der Waals surface area contributed by atoms with Crippen molar-refractivity contribution in [2.24, 2.45) is 5.92 Å². The highest BCUT2D eigenvalue weighted by Gasteiger charge is 2.41. The van der Waals surface area contributed by atoms with E-state index in [1.807, 2.05) is 38.1 Å². The number of benzene rings is 2. The minimum atomic E-state index is -0.748. The van der Waals surface area contributed by atoms with Crippen LogP contribution >= 0.6 is 23.2 Å². The Morgan fingerprint density at radius 2 is 1.75 bits per heavy atom. The van der Waals surface area contributed by atoms with Crippen LogP contribution in [0.5, 0.6) is 0 Å². The van der Waals surface area contributed by atoms with Crippen molar-refractivity contribution in [2.45, 2.75) is 31.9 Å². The predicted molar refractivity (Wildman–Crippen MR) is 101 cm³/mol. The molecule has 0 aromatic heterocycles. The van der Waals surface area contributed by atoms with Crippen molar-refractivity contribution < 1.29 is 5.11 Å². The van der Waals surface area contributed by atoms with Gasteiger partial charge in [0, 0.05) is 31.5 Å². The standard InChI is InChI=1S/C20H23Cl2NO/c1-20(2,24)17-13-23(11-14-6-4-3-5-7-14)12-16(17)15-8-9-18(21)19(22)10-15/h3-10,16-17,24H,11-13H2,1-2H3. The Balaban J connectivity index is 1.84. The van der Waals surface area contributed by atoms with Gasteiger partial charge in [0.1, 0.15) is 0 Å². The van der Waals surface area contributed by atoms with E-state index in [4.69, 9.17) is 23.2 Å². The summed E-state index contributed by atoms with van der Waals surface area (Å²) in [6.45, 7) is 6.46. The molecular weight excluding hydrogens is 341 g/mol. The van der Waals surface area contributed by atoms with E-state index in [1.54, 1.807) is 0 Å². The molecule has 2 unspecified atom stereocenters. The van der Waals surface area contributed by atoms with Gasteiger partial charge in [-0.25, -0.2) is 0 Å². The maximum atomic E-state index is 10.7. The Bertz CT molecular complexity index is 697. The summed E-state index contributed by atoms with van der Waals surface area (Å²) < 4.78 is 0. The lowest BCUT2D eigenvalue weighted by Crippen LogP contribution is -2.35. The van der Waals surface area contributed by atoms with Gasteiger partial charge in [-0.15, -0.1) is 0 Å². The fourth-order valence-corrected chi connectivity index (χ4v) is 3.96. The Morgan fingerprint density at radius 3 is 2.38 bits per heavy atom. The lowest BCUT2D eigenvalue weighted by atomic mass is 9.79. The average molecular weight is 364 g/mol. The molecule has 3 rings (SSSR count). The van der Waals surface area contributed by atoms with Crippen LogP contribution in [0.2, 0.25) is 10.0 Å². The number of likely N-dealkylation sites (tertiary alicyclic amines) is 1. The van der Waals surface area contributed by atoms with Gasteiger partial charge in [0.25, 0.3) is 0 Å². The normalized spacial score (nSPS) is 22.0. The third-order valence-corrected chi connectivity index (χ3v) is 5.66. The first-order valence-corrected chi connectivity index (χ1v) is 9.04. The summed E-state index contributed by atoms with van der Waals surface area (Å²) in [7, 11) is 0. The van der Waals surface area contributed by atoms with Crippen LogP contribution in [0.3, 0.4) is 0 Å². The molecule has 2 aromatic rings. The van der Waals surface area contributed by atoms with Crippen LogP contribution in [-0.2, 0) is 6.54 Å². The zero-order valence-electron chi connectivity index (χ0n) is 14.0. The van der Waals surface area contributed by atoms with Gasteiger partial charge < -0.3 is 5.11 Å². The van der Waals surface area contributed by atoms with E-state index in [2.05, 4.69) is 29.2 Å². The number of nitrogens with zero attached hydrogens (tertiary/aromatic N) is 1. The highest BCUT2D eigenvalue weighted by Crippen LogP contribution is 2.41. The summed E-state index contributed by atoms with van der Waals surface area (Å²) in [5.41, 5.74) is 1.69. The van der Waals surface area contributed by atoms with E-state index in [0.717, 1.165) is 25.2 Å². The van der Waals surface area contributed by atoms with Crippen molar-refractivity contribution in [3.05, 3.63) is 69.7 Å². The van der Waals surface area contributed by atoms with E-state index in [1.165, 1.54) is 5.56 Å². The summed E-state index contributed by atoms with van der Waals surface area (Å²) in [6, 6.07) is 16.3. The minimum Gasteiger partial charge on any atom is -0.390 e. The van der Waals surface area contributed by atoms with E-state index < -0.39 is 5.60 Å². The summed E-state index contributed by atoms with van der Waals surface area (Å²) in [4.78, 5) is 2.41. The van der Waals surface area contributed by atoms with Crippen molar-refractivity contribution in [1.29, 1.82) is 0 Å². The summed E-state index contributed by atoms with van der Waals surface area (Å²) in [5.74, 6) is 0.391. The highest BCUT2D eigenvalue weighted by atomic mass is 35.5. The van der Waals surface area contributed by atoms with Crippen LogP contribution < -0.4 is 0 Å². The summed E-state index contributed by atoms with van der Waals surface area (Å²) in [6.07, 6.45) is 0. The molecule has 0 saturated carbocycles. The molecule has 1 saturated heterocycles. The van der Waals surface area contributed by atoms with Crippen LogP contribution in [0.15, 0.2) is 48.5 Å².